The number of allylic oxidation sites excluding steroid dienone is 2. The molecule has 3 fully saturated rings. The number of benzene rings is 4. The number of anilines is 2. The number of fused-ring (bicyclic) bond motifs is 4. The lowest BCUT2D eigenvalue weighted by atomic mass is 9.56. The van der Waals surface area contributed by atoms with Gasteiger partial charge in [0.05, 0.1) is 37.4 Å². The van der Waals surface area contributed by atoms with E-state index in [1.54, 1.807) is 70.5 Å². The van der Waals surface area contributed by atoms with Crippen LogP contribution in [0.4, 0.5) is 15.8 Å². The molecule has 6 atom stereocenters. The number of ether oxygens (including phenoxy) is 2. The number of aryl methyl sites for hydroxylation is 2. The largest absolute Gasteiger partial charge is 0.507 e. The van der Waals surface area contributed by atoms with Crippen LogP contribution in [0.2, 0.25) is 0 Å². The highest BCUT2D eigenvalue weighted by atomic mass is 35.5. The van der Waals surface area contributed by atoms with Crippen LogP contribution in [0.3, 0.4) is 0 Å². The normalized spacial score (nSPS) is 27.0. The molecule has 4 aromatic carbocycles. The van der Waals surface area contributed by atoms with Crippen molar-refractivity contribution in [2.75, 3.05) is 24.0 Å². The fourth-order valence-electron chi connectivity index (χ4n) is 9.07. The summed E-state index contributed by atoms with van der Waals surface area (Å²) in [6.07, 6.45) is 5.62. The molecule has 4 amide bonds. The van der Waals surface area contributed by atoms with Gasteiger partial charge in [0, 0.05) is 11.5 Å². The lowest BCUT2D eigenvalue weighted by Crippen LogP contribution is -2.60. The van der Waals surface area contributed by atoms with E-state index >= 15 is 0 Å². The maximum Gasteiger partial charge on any atom is 0.258 e. The van der Waals surface area contributed by atoms with Gasteiger partial charge in [-0.05, 0) is 109 Å². The van der Waals surface area contributed by atoms with E-state index in [0.29, 0.717) is 39.4 Å². The van der Waals surface area contributed by atoms with E-state index in [-0.39, 0.29) is 30.2 Å². The minimum absolute atomic E-state index is 0.0649. The maximum absolute atomic E-state index is 14.6. The number of carbonyl (C=O) groups is 4. The van der Waals surface area contributed by atoms with Crippen LogP contribution in [-0.2, 0) is 19.2 Å². The predicted octanol–water partition coefficient (Wildman–Crippen LogP) is 8.10. The summed E-state index contributed by atoms with van der Waals surface area (Å²) in [4.78, 5) is 55.9. The van der Waals surface area contributed by atoms with Crippen molar-refractivity contribution >= 4 is 70.4 Å². The number of halogens is 3. The number of nitrogens with zero attached hydrogens (tertiary/aromatic N) is 2. The highest BCUT2D eigenvalue weighted by Crippen LogP contribution is 2.66. The van der Waals surface area contributed by atoms with Gasteiger partial charge in [-0.25, -0.2) is 9.29 Å². The summed E-state index contributed by atoms with van der Waals surface area (Å²) in [6, 6.07) is 20.8. The fraction of sp³-hybridized carbons (Fsp3) is 0.273. The Morgan fingerprint density at radius 1 is 0.786 bits per heavy atom. The van der Waals surface area contributed by atoms with Gasteiger partial charge >= 0.3 is 0 Å². The molecule has 0 spiro atoms. The highest BCUT2D eigenvalue weighted by Gasteiger charge is 2.76. The van der Waals surface area contributed by atoms with Gasteiger partial charge in [-0.2, -0.15) is 0 Å². The molecule has 2 aliphatic carbocycles. The zero-order chi connectivity index (χ0) is 39.8. The van der Waals surface area contributed by atoms with Crippen LogP contribution >= 0.6 is 23.2 Å². The molecule has 12 heteroatoms. The van der Waals surface area contributed by atoms with Gasteiger partial charge in [0.2, 0.25) is 11.8 Å². The quantitative estimate of drug-likeness (QED) is 0.0871. The lowest BCUT2D eigenvalue weighted by molar-refractivity contribution is -0.125. The van der Waals surface area contributed by atoms with Crippen molar-refractivity contribution < 1.29 is 38.1 Å². The van der Waals surface area contributed by atoms with Crippen LogP contribution < -0.4 is 19.3 Å². The number of hydrogen-bond donors (Lipinski definition) is 1. The maximum atomic E-state index is 14.6. The van der Waals surface area contributed by atoms with E-state index in [4.69, 9.17) is 32.7 Å². The van der Waals surface area contributed by atoms with Crippen LogP contribution in [0, 0.1) is 37.4 Å². The second-order valence-corrected chi connectivity index (χ2v) is 16.0. The van der Waals surface area contributed by atoms with Crippen LogP contribution in [0.25, 0.3) is 12.2 Å². The summed E-state index contributed by atoms with van der Waals surface area (Å²) in [5.41, 5.74) is 4.29. The molecule has 0 bridgehead atoms. The molecule has 2 aliphatic heterocycles. The molecule has 4 aliphatic rings. The highest BCUT2D eigenvalue weighted by molar-refractivity contribution is 6.58. The Hall–Kier alpha value is -5.45. The Morgan fingerprint density at radius 3 is 2.07 bits per heavy atom. The number of amides is 4. The monoisotopic (exact) mass is 794 g/mol. The zero-order valence-electron chi connectivity index (χ0n) is 30.9. The van der Waals surface area contributed by atoms with E-state index in [1.807, 2.05) is 30.4 Å². The first-order valence-electron chi connectivity index (χ1n) is 18.1. The molecular weight excluding hydrogens is 758 g/mol. The van der Waals surface area contributed by atoms with Gasteiger partial charge in [0.1, 0.15) is 23.1 Å². The number of alkyl halides is 2. The van der Waals surface area contributed by atoms with Crippen LogP contribution in [0.15, 0.2) is 90.5 Å². The lowest BCUT2D eigenvalue weighted by Gasteiger charge is -2.50. The predicted molar refractivity (Wildman–Crippen MR) is 212 cm³/mol. The molecule has 0 aromatic heterocycles. The average Bonchev–Trinajstić information content (AvgIpc) is 3.53. The Kier molecular flexibility index (Phi) is 9.12. The summed E-state index contributed by atoms with van der Waals surface area (Å²) < 4.78 is 24.8. The van der Waals surface area contributed by atoms with Gasteiger partial charge in [-0.3, -0.25) is 24.1 Å². The van der Waals surface area contributed by atoms with Crippen molar-refractivity contribution in [3.8, 4) is 17.2 Å². The standard InChI is InChI=1S/C44H37Cl2FN2O7/c1-23-19-27(20-24(2)38(23)50)37-32-16-17-33-36(34(32)22-43(45)41(53)49(42(54)44(37,43)46)30-13-9-28(47)10-14-30)40(52)48(39(33)51)29-11-6-25(7-12-29)5-8-26-21-31(55-3)15-18-35(26)56-4/h5-16,18-21,33-34,36-37,50H,17,22H2,1-4H3/t33-,34+,36-,37-,43+,44-/m0/s1. The summed E-state index contributed by atoms with van der Waals surface area (Å²) in [6.45, 7) is 3.43. The first-order valence-corrected chi connectivity index (χ1v) is 18.9. The molecule has 0 unspecified atom stereocenters. The smallest absolute Gasteiger partial charge is 0.258 e. The van der Waals surface area contributed by atoms with E-state index in [9.17, 15) is 28.7 Å². The van der Waals surface area contributed by atoms with E-state index in [2.05, 4.69) is 0 Å². The van der Waals surface area contributed by atoms with Crippen molar-refractivity contribution in [1.29, 1.82) is 0 Å². The first kappa shape index (κ1) is 37.5. The SMILES string of the molecule is COc1ccc(OC)c(C=Cc2ccc(N3C(=O)[C@H]4[C@H](CC=C5[C@H]4C[C@@]4(Cl)C(=O)N(c6ccc(F)cc6)C(=O)[C@@]4(Cl)[C@H]5c4cc(C)c(O)c(C)c4)C3=O)cc2)c1. The number of hydrogen-bond acceptors (Lipinski definition) is 7. The Morgan fingerprint density at radius 2 is 1.43 bits per heavy atom. The van der Waals surface area contributed by atoms with Gasteiger partial charge in [0.15, 0.2) is 9.75 Å². The third kappa shape index (κ3) is 5.48. The zero-order valence-corrected chi connectivity index (χ0v) is 32.4. The minimum Gasteiger partial charge on any atom is -0.507 e. The molecule has 9 nitrogen and oxygen atoms in total. The van der Waals surface area contributed by atoms with Gasteiger partial charge in [0.25, 0.3) is 11.8 Å². The molecular formula is C44H37Cl2FN2O7. The molecule has 4 aromatic rings. The van der Waals surface area contributed by atoms with Crippen molar-refractivity contribution in [3.63, 3.8) is 0 Å². The number of imide groups is 2. The second-order valence-electron chi connectivity index (χ2n) is 14.8. The van der Waals surface area contributed by atoms with Gasteiger partial charge < -0.3 is 14.6 Å². The summed E-state index contributed by atoms with van der Waals surface area (Å²) in [7, 11) is 3.17. The Bertz CT molecular complexity index is 2370. The molecule has 56 heavy (non-hydrogen) atoms. The molecule has 1 N–H and O–H groups in total. The van der Waals surface area contributed by atoms with Crippen LogP contribution in [0.5, 0.6) is 17.2 Å². The second kappa shape index (κ2) is 13.6. The molecule has 2 saturated heterocycles. The number of aromatic hydroxyl groups is 1. The topological polar surface area (TPSA) is 113 Å². The Balaban J connectivity index is 1.17. The van der Waals surface area contributed by atoms with E-state index in [0.717, 1.165) is 28.2 Å². The minimum atomic E-state index is -2.07. The van der Waals surface area contributed by atoms with E-state index in [1.165, 1.54) is 17.0 Å². The molecule has 2 heterocycles. The number of phenols is 1. The molecule has 1 saturated carbocycles. The van der Waals surface area contributed by atoms with Gasteiger partial charge in [-0.1, -0.05) is 48.1 Å². The third-order valence-electron chi connectivity index (χ3n) is 11.8. The Labute approximate surface area is 332 Å². The summed E-state index contributed by atoms with van der Waals surface area (Å²) in [5, 5.41) is 10.7. The summed E-state index contributed by atoms with van der Waals surface area (Å²) in [5.74, 6) is -4.96. The molecule has 0 radical (unpaired) electrons. The molecule has 286 valence electrons. The number of carbonyl (C=O) groups excluding carboxylic acids is 4. The van der Waals surface area contributed by atoms with Crippen molar-refractivity contribution in [3.05, 3.63) is 124 Å². The molecule has 8 rings (SSSR count). The fourth-order valence-corrected chi connectivity index (χ4v) is 10.0. The van der Waals surface area contributed by atoms with Crippen LogP contribution in [0.1, 0.15) is 46.6 Å². The third-order valence-corrected chi connectivity index (χ3v) is 13.2. The van der Waals surface area contributed by atoms with E-state index < -0.39 is 57.0 Å². The van der Waals surface area contributed by atoms with Crippen LogP contribution in [-0.4, -0.2) is 52.7 Å². The van der Waals surface area contributed by atoms with Gasteiger partial charge in [-0.15, -0.1) is 23.2 Å². The number of phenolic OH excluding ortho intramolecular Hbond substituents is 1. The van der Waals surface area contributed by atoms with Crippen molar-refractivity contribution in [2.24, 2.45) is 17.8 Å². The first-order chi connectivity index (χ1) is 26.7. The summed E-state index contributed by atoms with van der Waals surface area (Å²) >= 11 is 15.0. The number of methoxy groups -OCH3 is 2. The average molecular weight is 796 g/mol. The van der Waals surface area contributed by atoms with Crippen molar-refractivity contribution in [2.45, 2.75) is 42.4 Å². The number of rotatable bonds is 7. The van der Waals surface area contributed by atoms with Crippen molar-refractivity contribution in [1.82, 2.24) is 0 Å².